The Bertz CT molecular complexity index is 1820. The Balaban J connectivity index is 1.60. The average Bonchev–Trinajstić information content (AvgIpc) is 3.21. The number of pyridine rings is 1. The van der Waals surface area contributed by atoms with E-state index in [2.05, 4.69) is 60.3 Å². The summed E-state index contributed by atoms with van der Waals surface area (Å²) in [6.45, 7) is 15.3. The van der Waals surface area contributed by atoms with Gasteiger partial charge in [0.25, 0.3) is 0 Å². The minimum Gasteiger partial charge on any atom is -0.439 e. The summed E-state index contributed by atoms with van der Waals surface area (Å²) >= 11 is 0. The molecule has 0 amide bonds. The van der Waals surface area contributed by atoms with E-state index in [1.54, 1.807) is 12.4 Å². The van der Waals surface area contributed by atoms with E-state index < -0.39 is 8.07 Å². The molecule has 0 bridgehead atoms. The van der Waals surface area contributed by atoms with E-state index >= 15 is 0 Å². The number of ether oxygens (including phenoxy) is 1. The van der Waals surface area contributed by atoms with Gasteiger partial charge in [0.1, 0.15) is 43.0 Å². The smallest absolute Gasteiger partial charge is 0.219 e. The summed E-state index contributed by atoms with van der Waals surface area (Å²) < 4.78 is 7.99. The molecule has 0 fully saturated rings. The van der Waals surface area contributed by atoms with Gasteiger partial charge in [0.2, 0.25) is 5.88 Å². The number of aromatic nitrogens is 6. The van der Waals surface area contributed by atoms with Gasteiger partial charge in [0, 0.05) is 24.9 Å². The molecule has 2 N–H and O–H groups in total. The molecule has 0 unspecified atom stereocenters. The largest absolute Gasteiger partial charge is 0.439 e. The lowest BCUT2D eigenvalue weighted by atomic mass is 10.0. The van der Waals surface area contributed by atoms with Crippen LogP contribution in [0.5, 0.6) is 11.6 Å². The Morgan fingerprint density at radius 2 is 1.71 bits per heavy atom. The van der Waals surface area contributed by atoms with E-state index in [9.17, 15) is 0 Å². The SMILES string of the molecule is Cc1ccnc(Oc2ccc(-c3c(-c4ncc(C#C[Si](C)(C)C(C)(C)C)nc4C)n(C)c4ncnc(N)c34)cc2)c1. The molecule has 5 aromatic rings. The van der Waals surface area contributed by atoms with Gasteiger partial charge in [-0.1, -0.05) is 51.9 Å². The fraction of sp³-hybridized carbons (Fsp3) is 0.281. The second kappa shape index (κ2) is 10.4. The van der Waals surface area contributed by atoms with Gasteiger partial charge in [-0.05, 0) is 48.2 Å². The molecule has 0 aliphatic carbocycles. The molecule has 0 radical (unpaired) electrons. The Morgan fingerprint density at radius 3 is 2.37 bits per heavy atom. The van der Waals surface area contributed by atoms with Crippen LogP contribution in [-0.4, -0.2) is 37.6 Å². The lowest BCUT2D eigenvalue weighted by Crippen LogP contribution is -2.35. The van der Waals surface area contributed by atoms with Crippen LogP contribution in [0.25, 0.3) is 33.5 Å². The highest BCUT2D eigenvalue weighted by atomic mass is 28.3. The summed E-state index contributed by atoms with van der Waals surface area (Å²) in [7, 11) is 0.177. The molecule has 0 saturated carbocycles. The van der Waals surface area contributed by atoms with Crippen molar-refractivity contribution in [3.63, 3.8) is 0 Å². The Kier molecular flexibility index (Phi) is 7.13. The summed E-state index contributed by atoms with van der Waals surface area (Å²) in [4.78, 5) is 22.9. The predicted octanol–water partition coefficient (Wildman–Crippen LogP) is 6.88. The highest BCUT2D eigenvalue weighted by Crippen LogP contribution is 2.42. The van der Waals surface area contributed by atoms with Crippen molar-refractivity contribution in [2.75, 3.05) is 5.73 Å². The fourth-order valence-corrected chi connectivity index (χ4v) is 5.21. The number of hydrogen-bond donors (Lipinski definition) is 1. The summed E-state index contributed by atoms with van der Waals surface area (Å²) in [5.41, 5.74) is 16.6. The van der Waals surface area contributed by atoms with Crippen LogP contribution >= 0.6 is 0 Å². The zero-order chi connectivity index (χ0) is 29.5. The van der Waals surface area contributed by atoms with E-state index in [0.29, 0.717) is 23.1 Å². The third-order valence-electron chi connectivity index (χ3n) is 7.80. The van der Waals surface area contributed by atoms with Crippen LogP contribution in [0.4, 0.5) is 5.82 Å². The quantitative estimate of drug-likeness (QED) is 0.188. The van der Waals surface area contributed by atoms with Crippen molar-refractivity contribution in [3.05, 3.63) is 72.1 Å². The van der Waals surface area contributed by atoms with Crippen LogP contribution < -0.4 is 10.5 Å². The molecular weight excluding hydrogens is 526 g/mol. The van der Waals surface area contributed by atoms with Crippen molar-refractivity contribution >= 4 is 24.9 Å². The van der Waals surface area contributed by atoms with Gasteiger partial charge in [-0.3, -0.25) is 0 Å². The minimum absolute atomic E-state index is 0.165. The molecule has 4 heterocycles. The van der Waals surface area contributed by atoms with Crippen LogP contribution in [0, 0.1) is 25.3 Å². The maximum atomic E-state index is 6.43. The number of nitrogens with zero attached hydrogens (tertiary/aromatic N) is 6. The standard InChI is InChI=1S/C32H35N7OSi/c1-20-13-15-34-25(17-20)40-24-11-9-22(10-12-24)26-27-30(33)36-19-37-31(27)39(6)29(26)28-21(2)38-23(18-35-28)14-16-41(7,8)32(3,4)5/h9-13,15,17-19H,1-8H3,(H2,33,36,37). The van der Waals surface area contributed by atoms with Crippen LogP contribution in [0.1, 0.15) is 37.7 Å². The zero-order valence-electron chi connectivity index (χ0n) is 24.9. The number of fused-ring (bicyclic) bond motifs is 1. The number of benzene rings is 1. The van der Waals surface area contributed by atoms with Gasteiger partial charge in [-0.2, -0.15) is 0 Å². The van der Waals surface area contributed by atoms with E-state index in [4.69, 9.17) is 20.4 Å². The topological polar surface area (TPSA) is 105 Å². The van der Waals surface area contributed by atoms with E-state index in [-0.39, 0.29) is 5.04 Å². The molecule has 4 aromatic heterocycles. The molecular formula is C32H35N7OSi. The minimum atomic E-state index is -1.78. The lowest BCUT2D eigenvalue weighted by Gasteiger charge is -2.31. The van der Waals surface area contributed by atoms with Gasteiger partial charge in [-0.25, -0.2) is 24.9 Å². The fourth-order valence-electron chi connectivity index (χ4n) is 4.39. The van der Waals surface area contributed by atoms with Crippen molar-refractivity contribution in [1.82, 2.24) is 29.5 Å². The molecule has 41 heavy (non-hydrogen) atoms. The Labute approximate surface area is 242 Å². The molecule has 9 heteroatoms. The molecule has 0 saturated heterocycles. The molecule has 5 rings (SSSR count). The van der Waals surface area contributed by atoms with Crippen molar-refractivity contribution in [3.8, 4) is 45.6 Å². The Morgan fingerprint density at radius 1 is 0.976 bits per heavy atom. The summed E-state index contributed by atoms with van der Waals surface area (Å²) in [5.74, 6) is 4.93. The molecule has 0 aliphatic heterocycles. The van der Waals surface area contributed by atoms with E-state index in [0.717, 1.165) is 44.8 Å². The van der Waals surface area contributed by atoms with Crippen molar-refractivity contribution in [1.29, 1.82) is 0 Å². The number of aryl methyl sites for hydroxylation is 3. The molecule has 1 aromatic carbocycles. The molecule has 0 spiro atoms. The first-order chi connectivity index (χ1) is 19.4. The number of rotatable bonds is 4. The predicted molar refractivity (Wildman–Crippen MR) is 167 cm³/mol. The molecule has 0 atom stereocenters. The summed E-state index contributed by atoms with van der Waals surface area (Å²) in [5, 5.41) is 0.931. The number of nitrogens with two attached hydrogens (primary N) is 1. The van der Waals surface area contributed by atoms with Crippen molar-refractivity contribution < 1.29 is 4.74 Å². The third-order valence-corrected chi connectivity index (χ3v) is 12.3. The number of hydrogen-bond acceptors (Lipinski definition) is 7. The summed E-state index contributed by atoms with van der Waals surface area (Å²) in [6.07, 6.45) is 4.97. The number of anilines is 1. The molecule has 208 valence electrons. The van der Waals surface area contributed by atoms with Crippen LogP contribution in [0.2, 0.25) is 18.1 Å². The third kappa shape index (κ3) is 5.43. The van der Waals surface area contributed by atoms with E-state index in [1.807, 2.05) is 61.9 Å². The first-order valence-electron chi connectivity index (χ1n) is 13.5. The van der Waals surface area contributed by atoms with Crippen molar-refractivity contribution in [2.24, 2.45) is 7.05 Å². The highest BCUT2D eigenvalue weighted by molar-refractivity contribution is 6.87. The molecule has 0 aliphatic rings. The van der Waals surface area contributed by atoms with Gasteiger partial charge in [0.15, 0.2) is 0 Å². The maximum absolute atomic E-state index is 6.43. The summed E-state index contributed by atoms with van der Waals surface area (Å²) in [6, 6.07) is 11.7. The average molecular weight is 562 g/mol. The first kappa shape index (κ1) is 28.0. The maximum Gasteiger partial charge on any atom is 0.219 e. The highest BCUT2D eigenvalue weighted by Gasteiger charge is 2.33. The zero-order valence-corrected chi connectivity index (χ0v) is 25.9. The molecule has 8 nitrogen and oxygen atoms in total. The lowest BCUT2D eigenvalue weighted by molar-refractivity contribution is 0.462. The second-order valence-electron chi connectivity index (χ2n) is 11.9. The van der Waals surface area contributed by atoms with Crippen molar-refractivity contribution in [2.45, 2.75) is 52.8 Å². The van der Waals surface area contributed by atoms with Crippen LogP contribution in [-0.2, 0) is 7.05 Å². The van der Waals surface area contributed by atoms with Gasteiger partial charge in [0.05, 0.1) is 23.0 Å². The first-order valence-corrected chi connectivity index (χ1v) is 16.5. The van der Waals surface area contributed by atoms with Gasteiger partial charge < -0.3 is 15.0 Å². The number of nitrogen functional groups attached to an aromatic ring is 1. The normalized spacial score (nSPS) is 11.8. The monoisotopic (exact) mass is 561 g/mol. The second-order valence-corrected chi connectivity index (χ2v) is 16.9. The van der Waals surface area contributed by atoms with Gasteiger partial charge in [-0.15, -0.1) is 5.54 Å². The van der Waals surface area contributed by atoms with Gasteiger partial charge >= 0.3 is 0 Å². The van der Waals surface area contributed by atoms with E-state index in [1.165, 1.54) is 6.33 Å². The Hall–Kier alpha value is -4.55. The van der Waals surface area contributed by atoms with Crippen LogP contribution in [0.15, 0.2) is 55.1 Å². The van der Waals surface area contributed by atoms with Crippen LogP contribution in [0.3, 0.4) is 0 Å².